The molecule has 0 saturated carbocycles. The van der Waals surface area contributed by atoms with Crippen LogP contribution in [-0.4, -0.2) is 0 Å². The summed E-state index contributed by atoms with van der Waals surface area (Å²) in [5.74, 6) is 0. The van der Waals surface area contributed by atoms with Crippen molar-refractivity contribution in [2.75, 3.05) is 0 Å². The summed E-state index contributed by atoms with van der Waals surface area (Å²) in [5, 5.41) is 2.62. The Kier molecular flexibility index (Phi) is 3.28. The van der Waals surface area contributed by atoms with Gasteiger partial charge in [0.1, 0.15) is 0 Å². The number of fused-ring (bicyclic) bond motifs is 2. The lowest BCUT2D eigenvalue weighted by Gasteiger charge is -2.12. The van der Waals surface area contributed by atoms with E-state index in [4.69, 9.17) is 0 Å². The smallest absolute Gasteiger partial charge is 0.000750 e. The van der Waals surface area contributed by atoms with Crippen LogP contribution in [0.25, 0.3) is 33.5 Å². The van der Waals surface area contributed by atoms with E-state index in [2.05, 4.69) is 97.1 Å². The average Bonchev–Trinajstić information content (AvgIpc) is 3.13. The van der Waals surface area contributed by atoms with E-state index in [0.29, 0.717) is 0 Å². The van der Waals surface area contributed by atoms with Gasteiger partial charge in [-0.2, -0.15) is 0 Å². The van der Waals surface area contributed by atoms with Crippen molar-refractivity contribution in [2.24, 2.45) is 0 Å². The minimum atomic E-state index is 0.999. The van der Waals surface area contributed by atoms with E-state index in [1.54, 1.807) is 0 Å². The van der Waals surface area contributed by atoms with Crippen molar-refractivity contribution in [3.05, 3.63) is 108 Å². The summed E-state index contributed by atoms with van der Waals surface area (Å²) in [5.41, 5.74) is 8.21. The van der Waals surface area contributed by atoms with Crippen LogP contribution in [0.2, 0.25) is 0 Å². The summed E-state index contributed by atoms with van der Waals surface area (Å²) in [6, 6.07) is 32.7. The van der Waals surface area contributed by atoms with Gasteiger partial charge in [-0.3, -0.25) is 0 Å². The first-order valence-corrected chi connectivity index (χ1v) is 8.76. The first-order valence-electron chi connectivity index (χ1n) is 8.76. The zero-order valence-corrected chi connectivity index (χ0v) is 13.9. The van der Waals surface area contributed by atoms with Gasteiger partial charge in [-0.05, 0) is 50.6 Å². The van der Waals surface area contributed by atoms with Crippen molar-refractivity contribution in [2.45, 2.75) is 6.42 Å². The van der Waals surface area contributed by atoms with Crippen LogP contribution in [0.5, 0.6) is 0 Å². The number of allylic oxidation sites excluding steroid dienone is 1. The van der Waals surface area contributed by atoms with E-state index >= 15 is 0 Å². The van der Waals surface area contributed by atoms with E-state index < -0.39 is 0 Å². The molecular weight excluding hydrogens is 300 g/mol. The maximum absolute atomic E-state index is 2.35. The third-order valence-corrected chi connectivity index (χ3v) is 5.13. The minimum absolute atomic E-state index is 0.999. The Morgan fingerprint density at radius 2 is 1.28 bits per heavy atom. The zero-order valence-electron chi connectivity index (χ0n) is 13.9. The SMILES string of the molecule is C1=C(c2ccccc2)Cc2c1cccc2-c1cccc2ccccc12. The summed E-state index contributed by atoms with van der Waals surface area (Å²) in [6.45, 7) is 0. The second-order valence-corrected chi connectivity index (χ2v) is 6.61. The first-order chi connectivity index (χ1) is 12.4. The normalized spacial score (nSPS) is 12.9. The van der Waals surface area contributed by atoms with Gasteiger partial charge in [0.15, 0.2) is 0 Å². The molecule has 0 aromatic heterocycles. The topological polar surface area (TPSA) is 0 Å². The molecule has 1 aliphatic carbocycles. The van der Waals surface area contributed by atoms with E-state index in [0.717, 1.165) is 6.42 Å². The highest BCUT2D eigenvalue weighted by Crippen LogP contribution is 2.39. The molecule has 0 bridgehead atoms. The van der Waals surface area contributed by atoms with Crippen molar-refractivity contribution in [1.29, 1.82) is 0 Å². The van der Waals surface area contributed by atoms with Gasteiger partial charge >= 0.3 is 0 Å². The predicted octanol–water partition coefficient (Wildman–Crippen LogP) is 6.60. The fraction of sp³-hybridized carbons (Fsp3) is 0.0400. The van der Waals surface area contributed by atoms with Crippen molar-refractivity contribution in [3.8, 4) is 11.1 Å². The quantitative estimate of drug-likeness (QED) is 0.390. The van der Waals surface area contributed by atoms with Crippen LogP contribution < -0.4 is 0 Å². The van der Waals surface area contributed by atoms with E-state index in [1.807, 2.05) is 0 Å². The highest BCUT2D eigenvalue weighted by atomic mass is 14.2. The van der Waals surface area contributed by atoms with Crippen molar-refractivity contribution in [1.82, 2.24) is 0 Å². The highest BCUT2D eigenvalue weighted by Gasteiger charge is 2.18. The second-order valence-electron chi connectivity index (χ2n) is 6.61. The van der Waals surface area contributed by atoms with Crippen molar-refractivity contribution in [3.63, 3.8) is 0 Å². The maximum Gasteiger partial charge on any atom is -0.000750 e. The molecule has 0 saturated heterocycles. The summed E-state index contributed by atoms with van der Waals surface area (Å²) in [4.78, 5) is 0. The molecule has 0 aliphatic heterocycles. The Labute approximate surface area is 148 Å². The Bertz CT molecular complexity index is 1100. The summed E-state index contributed by atoms with van der Waals surface area (Å²) in [7, 11) is 0. The number of hydrogen-bond donors (Lipinski definition) is 0. The molecule has 1 aliphatic rings. The Morgan fingerprint density at radius 1 is 0.560 bits per heavy atom. The van der Waals surface area contributed by atoms with Gasteiger partial charge in [-0.25, -0.2) is 0 Å². The lowest BCUT2D eigenvalue weighted by Crippen LogP contribution is -1.91. The molecule has 5 rings (SSSR count). The van der Waals surface area contributed by atoms with Gasteiger partial charge < -0.3 is 0 Å². The van der Waals surface area contributed by atoms with Gasteiger partial charge in [0, 0.05) is 0 Å². The molecule has 4 aromatic rings. The fourth-order valence-corrected chi connectivity index (χ4v) is 3.92. The highest BCUT2D eigenvalue weighted by molar-refractivity contribution is 6.00. The van der Waals surface area contributed by atoms with Crippen LogP contribution in [-0.2, 0) is 6.42 Å². The van der Waals surface area contributed by atoms with E-state index in [9.17, 15) is 0 Å². The molecular formula is C25H18. The molecule has 0 heteroatoms. The van der Waals surface area contributed by atoms with Crippen LogP contribution in [0.3, 0.4) is 0 Å². The van der Waals surface area contributed by atoms with Crippen LogP contribution >= 0.6 is 0 Å². The molecule has 118 valence electrons. The monoisotopic (exact) mass is 318 g/mol. The molecule has 25 heavy (non-hydrogen) atoms. The van der Waals surface area contributed by atoms with Gasteiger partial charge in [0.25, 0.3) is 0 Å². The molecule has 0 unspecified atom stereocenters. The molecule has 0 fully saturated rings. The van der Waals surface area contributed by atoms with Gasteiger partial charge in [0.2, 0.25) is 0 Å². The summed E-state index contributed by atoms with van der Waals surface area (Å²) in [6.07, 6.45) is 3.35. The zero-order chi connectivity index (χ0) is 16.6. The number of rotatable bonds is 2. The number of benzene rings is 4. The van der Waals surface area contributed by atoms with E-state index in [1.165, 1.54) is 44.2 Å². The summed E-state index contributed by atoms with van der Waals surface area (Å²) >= 11 is 0. The third-order valence-electron chi connectivity index (χ3n) is 5.13. The molecule has 0 heterocycles. The predicted molar refractivity (Wildman–Crippen MR) is 107 cm³/mol. The van der Waals surface area contributed by atoms with Gasteiger partial charge in [0.05, 0.1) is 0 Å². The molecule has 0 N–H and O–H groups in total. The lowest BCUT2D eigenvalue weighted by molar-refractivity contribution is 1.32. The standard InChI is InChI=1S/C25H18/c1-2-8-18(9-3-1)21-16-20-12-7-15-24(25(20)17-21)23-14-6-11-19-10-4-5-13-22(19)23/h1-16H,17H2. The largest absolute Gasteiger partial charge is 0.0622 e. The van der Waals surface area contributed by atoms with Crippen LogP contribution in [0.1, 0.15) is 16.7 Å². The maximum atomic E-state index is 2.35. The molecule has 0 radical (unpaired) electrons. The minimum Gasteiger partial charge on any atom is -0.0622 e. The summed E-state index contributed by atoms with van der Waals surface area (Å²) < 4.78 is 0. The molecule has 0 nitrogen and oxygen atoms in total. The number of hydrogen-bond acceptors (Lipinski definition) is 0. The van der Waals surface area contributed by atoms with E-state index in [-0.39, 0.29) is 0 Å². The van der Waals surface area contributed by atoms with Gasteiger partial charge in [-0.1, -0.05) is 97.1 Å². The molecule has 0 spiro atoms. The molecule has 0 amide bonds. The van der Waals surface area contributed by atoms with Crippen molar-refractivity contribution >= 4 is 22.4 Å². The Balaban J connectivity index is 1.66. The third kappa shape index (κ3) is 2.38. The molecule has 4 aromatic carbocycles. The average molecular weight is 318 g/mol. The van der Waals surface area contributed by atoms with Crippen LogP contribution in [0.15, 0.2) is 91.0 Å². The second kappa shape index (κ2) is 5.75. The lowest BCUT2D eigenvalue weighted by atomic mass is 9.92. The fourth-order valence-electron chi connectivity index (χ4n) is 3.92. The van der Waals surface area contributed by atoms with Crippen LogP contribution in [0, 0.1) is 0 Å². The first kappa shape index (κ1) is 14.2. The van der Waals surface area contributed by atoms with Crippen LogP contribution in [0.4, 0.5) is 0 Å². The molecule has 0 atom stereocenters. The Morgan fingerprint density at radius 3 is 2.20 bits per heavy atom. The van der Waals surface area contributed by atoms with Gasteiger partial charge in [-0.15, -0.1) is 0 Å². The van der Waals surface area contributed by atoms with Crippen molar-refractivity contribution < 1.29 is 0 Å². The Hall–Kier alpha value is -3.12.